The summed E-state index contributed by atoms with van der Waals surface area (Å²) >= 11 is 5.13. The van der Waals surface area contributed by atoms with Crippen LogP contribution in [0.5, 0.6) is 5.75 Å². The van der Waals surface area contributed by atoms with Crippen molar-refractivity contribution in [3.8, 4) is 5.75 Å². The third-order valence-corrected chi connectivity index (χ3v) is 4.09. The second-order valence-corrected chi connectivity index (χ2v) is 6.43. The average Bonchev–Trinajstić information content (AvgIpc) is 2.73. The molecule has 0 fully saturated rings. The lowest BCUT2D eigenvalue weighted by molar-refractivity contribution is -0.384. The van der Waals surface area contributed by atoms with Gasteiger partial charge in [-0.1, -0.05) is 42.5 Å². The number of ether oxygens (including phenoxy) is 1. The highest BCUT2D eigenvalue weighted by molar-refractivity contribution is 7.80. The molecule has 0 spiro atoms. The van der Waals surface area contributed by atoms with Crippen molar-refractivity contribution in [1.29, 1.82) is 0 Å². The number of nitro groups is 1. The lowest BCUT2D eigenvalue weighted by Crippen LogP contribution is -2.34. The van der Waals surface area contributed by atoms with E-state index in [4.69, 9.17) is 17.0 Å². The highest BCUT2D eigenvalue weighted by Gasteiger charge is 2.11. The maximum atomic E-state index is 12.4. The molecule has 0 saturated heterocycles. The Morgan fingerprint density at radius 3 is 2.52 bits per heavy atom. The minimum Gasteiger partial charge on any atom is -0.489 e. The topological polar surface area (TPSA) is 93.5 Å². The van der Waals surface area contributed by atoms with Crippen LogP contribution >= 0.6 is 12.2 Å². The van der Waals surface area contributed by atoms with E-state index in [1.165, 1.54) is 18.2 Å². The molecule has 2 N–H and O–H groups in total. The van der Waals surface area contributed by atoms with Gasteiger partial charge in [-0.25, -0.2) is 0 Å². The van der Waals surface area contributed by atoms with Gasteiger partial charge in [0.15, 0.2) is 5.11 Å². The van der Waals surface area contributed by atoms with Crippen molar-refractivity contribution in [3.05, 3.63) is 100 Å². The van der Waals surface area contributed by atoms with E-state index in [1.54, 1.807) is 30.3 Å². The van der Waals surface area contributed by atoms with Crippen LogP contribution in [-0.2, 0) is 6.61 Å². The Balaban J connectivity index is 1.59. The number of nitrogens with one attached hydrogen (secondary N) is 2. The van der Waals surface area contributed by atoms with Crippen molar-refractivity contribution in [2.45, 2.75) is 6.61 Å². The van der Waals surface area contributed by atoms with Gasteiger partial charge in [0.25, 0.3) is 11.6 Å². The van der Waals surface area contributed by atoms with E-state index in [1.807, 2.05) is 30.3 Å². The van der Waals surface area contributed by atoms with Crippen LogP contribution in [0.25, 0.3) is 0 Å². The molecule has 3 rings (SSSR count). The SMILES string of the molecule is O=C(NC(=S)Nc1cccc([N+](=O)[O-])c1)c1cccc(OCc2ccccc2)c1. The molecule has 7 nitrogen and oxygen atoms in total. The van der Waals surface area contributed by atoms with E-state index in [9.17, 15) is 14.9 Å². The van der Waals surface area contributed by atoms with Crippen LogP contribution in [0.3, 0.4) is 0 Å². The standard InChI is InChI=1S/C21H17N3O4S/c25-20(23-21(29)22-17-9-5-10-18(13-17)24(26)27)16-8-4-11-19(12-16)28-14-15-6-2-1-3-7-15/h1-13H,14H2,(H2,22,23,25,29). The predicted molar refractivity (Wildman–Crippen MR) is 114 cm³/mol. The molecule has 0 bridgehead atoms. The average molecular weight is 407 g/mol. The van der Waals surface area contributed by atoms with Crippen LogP contribution in [0.2, 0.25) is 0 Å². The Hall–Kier alpha value is -3.78. The Bertz CT molecular complexity index is 1040. The summed E-state index contributed by atoms with van der Waals surface area (Å²) in [6.45, 7) is 0.388. The summed E-state index contributed by atoms with van der Waals surface area (Å²) in [5.41, 5.74) is 1.72. The zero-order valence-corrected chi connectivity index (χ0v) is 16.0. The molecule has 0 aliphatic carbocycles. The number of carbonyl (C=O) groups excluding carboxylic acids is 1. The van der Waals surface area contributed by atoms with Crippen molar-refractivity contribution in [2.24, 2.45) is 0 Å². The van der Waals surface area contributed by atoms with Gasteiger partial charge in [0.05, 0.1) is 4.92 Å². The van der Waals surface area contributed by atoms with Crippen molar-refractivity contribution < 1.29 is 14.5 Å². The first-order chi connectivity index (χ1) is 14.0. The van der Waals surface area contributed by atoms with Crippen LogP contribution in [-0.4, -0.2) is 15.9 Å². The monoisotopic (exact) mass is 407 g/mol. The van der Waals surface area contributed by atoms with Crippen LogP contribution in [0.4, 0.5) is 11.4 Å². The van der Waals surface area contributed by atoms with Crippen molar-refractivity contribution in [3.63, 3.8) is 0 Å². The number of benzene rings is 3. The summed E-state index contributed by atoms with van der Waals surface area (Å²) in [5.74, 6) is 0.136. The van der Waals surface area contributed by atoms with Gasteiger partial charge in [-0.2, -0.15) is 0 Å². The zero-order valence-electron chi connectivity index (χ0n) is 15.2. The molecule has 3 aromatic carbocycles. The highest BCUT2D eigenvalue weighted by atomic mass is 32.1. The largest absolute Gasteiger partial charge is 0.489 e. The number of anilines is 1. The molecule has 0 aromatic heterocycles. The number of hydrogen-bond acceptors (Lipinski definition) is 5. The second-order valence-electron chi connectivity index (χ2n) is 6.02. The lowest BCUT2D eigenvalue weighted by Gasteiger charge is -2.11. The fraction of sp³-hybridized carbons (Fsp3) is 0.0476. The van der Waals surface area contributed by atoms with Gasteiger partial charge in [-0.3, -0.25) is 20.2 Å². The van der Waals surface area contributed by atoms with Crippen molar-refractivity contribution in [2.75, 3.05) is 5.32 Å². The fourth-order valence-electron chi connectivity index (χ4n) is 2.50. The Kier molecular flexibility index (Phi) is 6.49. The van der Waals surface area contributed by atoms with Gasteiger partial charge in [0.2, 0.25) is 0 Å². The molecular weight excluding hydrogens is 390 g/mol. The summed E-state index contributed by atoms with van der Waals surface area (Å²) in [7, 11) is 0. The van der Waals surface area contributed by atoms with Crippen LogP contribution in [0, 0.1) is 10.1 Å². The molecule has 0 aliphatic rings. The number of thiocarbonyl (C=S) groups is 1. The number of amides is 1. The fourth-order valence-corrected chi connectivity index (χ4v) is 2.71. The summed E-state index contributed by atoms with van der Waals surface area (Å²) in [6, 6.07) is 22.3. The van der Waals surface area contributed by atoms with E-state index < -0.39 is 10.8 Å². The molecule has 0 radical (unpaired) electrons. The predicted octanol–water partition coefficient (Wildman–Crippen LogP) is 4.30. The first-order valence-electron chi connectivity index (χ1n) is 8.65. The first kappa shape index (κ1) is 20.0. The van der Waals surface area contributed by atoms with Crippen LogP contribution in [0.15, 0.2) is 78.9 Å². The second kappa shape index (κ2) is 9.43. The number of hydrogen-bond donors (Lipinski definition) is 2. The third-order valence-electron chi connectivity index (χ3n) is 3.89. The molecule has 146 valence electrons. The van der Waals surface area contributed by atoms with Gasteiger partial charge in [-0.05, 0) is 42.0 Å². The molecule has 3 aromatic rings. The molecule has 0 atom stereocenters. The van der Waals surface area contributed by atoms with Gasteiger partial charge in [-0.15, -0.1) is 0 Å². The number of carbonyl (C=O) groups is 1. The van der Waals surface area contributed by atoms with Crippen molar-refractivity contribution >= 4 is 34.6 Å². The quantitative estimate of drug-likeness (QED) is 0.359. The van der Waals surface area contributed by atoms with Crippen molar-refractivity contribution in [1.82, 2.24) is 5.32 Å². The number of non-ortho nitro benzene ring substituents is 1. The summed E-state index contributed by atoms with van der Waals surface area (Å²) < 4.78 is 5.73. The Morgan fingerprint density at radius 1 is 1.00 bits per heavy atom. The lowest BCUT2D eigenvalue weighted by atomic mass is 10.2. The normalized spacial score (nSPS) is 10.1. The summed E-state index contributed by atoms with van der Waals surface area (Å²) in [4.78, 5) is 22.8. The third kappa shape index (κ3) is 5.85. The highest BCUT2D eigenvalue weighted by Crippen LogP contribution is 2.18. The summed E-state index contributed by atoms with van der Waals surface area (Å²) in [6.07, 6.45) is 0. The molecule has 0 saturated carbocycles. The number of nitro benzene ring substituents is 1. The van der Waals surface area contributed by atoms with Gasteiger partial charge >= 0.3 is 0 Å². The smallest absolute Gasteiger partial charge is 0.271 e. The van der Waals surface area contributed by atoms with E-state index in [2.05, 4.69) is 10.6 Å². The molecule has 29 heavy (non-hydrogen) atoms. The zero-order chi connectivity index (χ0) is 20.6. The molecule has 1 amide bonds. The van der Waals surface area contributed by atoms with E-state index in [-0.39, 0.29) is 10.8 Å². The molecule has 0 heterocycles. The number of rotatable bonds is 6. The summed E-state index contributed by atoms with van der Waals surface area (Å²) in [5, 5.41) is 16.2. The maximum Gasteiger partial charge on any atom is 0.271 e. The minimum atomic E-state index is -0.506. The number of nitrogens with zero attached hydrogens (tertiary/aromatic N) is 1. The van der Waals surface area contributed by atoms with E-state index >= 15 is 0 Å². The molecule has 0 aliphatic heterocycles. The van der Waals surface area contributed by atoms with Gasteiger partial charge in [0.1, 0.15) is 12.4 Å². The van der Waals surface area contributed by atoms with Crippen LogP contribution in [0.1, 0.15) is 15.9 Å². The Labute approximate surface area is 172 Å². The van der Waals surface area contributed by atoms with Gasteiger partial charge in [0, 0.05) is 23.4 Å². The Morgan fingerprint density at radius 2 is 1.76 bits per heavy atom. The maximum absolute atomic E-state index is 12.4. The molecule has 0 unspecified atom stereocenters. The van der Waals surface area contributed by atoms with E-state index in [0.29, 0.717) is 23.6 Å². The molecule has 8 heteroatoms. The van der Waals surface area contributed by atoms with E-state index in [0.717, 1.165) is 5.56 Å². The minimum absolute atomic E-state index is 0.0334. The first-order valence-corrected chi connectivity index (χ1v) is 9.06. The van der Waals surface area contributed by atoms with Crippen LogP contribution < -0.4 is 15.4 Å². The molecular formula is C21H17N3O4S. The van der Waals surface area contributed by atoms with Gasteiger partial charge < -0.3 is 10.1 Å².